The first-order valence-electron chi connectivity index (χ1n) is 7.90. The van der Waals surface area contributed by atoms with E-state index in [1.165, 1.54) is 37.8 Å². The molecule has 1 aromatic carbocycles. The Balaban J connectivity index is 1.76. The van der Waals surface area contributed by atoms with Crippen LogP contribution in [0.4, 0.5) is 10.1 Å². The lowest BCUT2D eigenvalue weighted by atomic mass is 10.2. The third kappa shape index (κ3) is 2.98. The predicted molar refractivity (Wildman–Crippen MR) is 94.2 cm³/mol. The number of hydrogen-bond donors (Lipinski definition) is 1. The van der Waals surface area contributed by atoms with Crippen LogP contribution in [0.5, 0.6) is 0 Å². The number of rotatable bonds is 3. The van der Waals surface area contributed by atoms with E-state index >= 15 is 0 Å². The maximum Gasteiger partial charge on any atom is 0.160 e. The van der Waals surface area contributed by atoms with Crippen molar-refractivity contribution >= 4 is 27.3 Å². The molecule has 5 heteroatoms. The summed E-state index contributed by atoms with van der Waals surface area (Å²) in [5.41, 5.74) is 3.70. The Morgan fingerprint density at radius 2 is 1.87 bits per heavy atom. The number of aromatic nitrogens is 2. The summed E-state index contributed by atoms with van der Waals surface area (Å²) < 4.78 is 16.1. The average Bonchev–Trinajstić information content (AvgIpc) is 3.17. The first-order valence-corrected chi connectivity index (χ1v) is 8.69. The number of pyridine rings is 1. The fraction of sp³-hybridized carbons (Fsp3) is 0.278. The topological polar surface area (TPSA) is 29.3 Å². The fourth-order valence-corrected chi connectivity index (χ4v) is 3.67. The predicted octanol–water partition coefficient (Wildman–Crippen LogP) is 5.26. The van der Waals surface area contributed by atoms with Gasteiger partial charge in [0.05, 0.1) is 11.4 Å². The summed E-state index contributed by atoms with van der Waals surface area (Å²) in [4.78, 5) is 4.75. The largest absolute Gasteiger partial charge is 0.379 e. The molecular weight excluding hydrogens is 357 g/mol. The zero-order valence-electron chi connectivity index (χ0n) is 12.6. The minimum atomic E-state index is -0.233. The summed E-state index contributed by atoms with van der Waals surface area (Å²) >= 11 is 3.57. The molecule has 0 atom stereocenters. The molecule has 2 heterocycles. The van der Waals surface area contributed by atoms with Gasteiger partial charge in [-0.25, -0.2) is 9.37 Å². The molecule has 0 unspecified atom stereocenters. The number of hydrogen-bond acceptors (Lipinski definition) is 2. The van der Waals surface area contributed by atoms with Crippen molar-refractivity contribution in [2.24, 2.45) is 0 Å². The van der Waals surface area contributed by atoms with E-state index in [9.17, 15) is 4.39 Å². The van der Waals surface area contributed by atoms with Crippen molar-refractivity contribution < 1.29 is 4.39 Å². The van der Waals surface area contributed by atoms with Gasteiger partial charge in [0, 0.05) is 28.5 Å². The Labute approximate surface area is 142 Å². The zero-order valence-corrected chi connectivity index (χ0v) is 14.2. The van der Waals surface area contributed by atoms with Gasteiger partial charge < -0.3 is 9.72 Å². The highest BCUT2D eigenvalue weighted by Gasteiger charge is 2.17. The zero-order chi connectivity index (χ0) is 15.8. The molecule has 23 heavy (non-hydrogen) atoms. The molecule has 1 aliphatic rings. The van der Waals surface area contributed by atoms with Gasteiger partial charge in [-0.2, -0.15) is 0 Å². The van der Waals surface area contributed by atoms with Crippen molar-refractivity contribution in [2.45, 2.75) is 31.7 Å². The second-order valence-corrected chi connectivity index (χ2v) is 6.98. The first-order chi connectivity index (χ1) is 11.2. The van der Waals surface area contributed by atoms with Crippen molar-refractivity contribution in [3.63, 3.8) is 0 Å². The third-order valence-electron chi connectivity index (χ3n) is 4.37. The van der Waals surface area contributed by atoms with Crippen LogP contribution in [0.25, 0.3) is 16.9 Å². The normalized spacial score (nSPS) is 15.4. The molecule has 0 amide bonds. The highest BCUT2D eigenvalue weighted by Crippen LogP contribution is 2.29. The summed E-state index contributed by atoms with van der Waals surface area (Å²) in [6.45, 7) is 0. The van der Waals surface area contributed by atoms with E-state index < -0.39 is 0 Å². The Hall–Kier alpha value is -1.88. The molecule has 1 N–H and O–H groups in total. The van der Waals surface area contributed by atoms with E-state index in [4.69, 9.17) is 4.98 Å². The lowest BCUT2D eigenvalue weighted by Gasteiger charge is -2.14. The van der Waals surface area contributed by atoms with Crippen molar-refractivity contribution in [2.75, 3.05) is 5.32 Å². The minimum absolute atomic E-state index is 0.233. The van der Waals surface area contributed by atoms with E-state index in [1.807, 2.05) is 16.8 Å². The molecular formula is C18H17BrFN3. The average molecular weight is 374 g/mol. The number of benzene rings is 1. The Kier molecular flexibility index (Phi) is 3.81. The second-order valence-electron chi connectivity index (χ2n) is 6.06. The molecule has 1 aliphatic carbocycles. The smallest absolute Gasteiger partial charge is 0.160 e. The Morgan fingerprint density at radius 1 is 1.13 bits per heavy atom. The van der Waals surface area contributed by atoms with Crippen LogP contribution >= 0.6 is 15.9 Å². The maximum atomic E-state index is 13.1. The van der Waals surface area contributed by atoms with Crippen LogP contribution in [0.1, 0.15) is 25.7 Å². The molecule has 1 fully saturated rings. The first kappa shape index (κ1) is 14.7. The van der Waals surface area contributed by atoms with E-state index in [-0.39, 0.29) is 5.82 Å². The van der Waals surface area contributed by atoms with Gasteiger partial charge in [0.1, 0.15) is 5.82 Å². The molecule has 1 saturated carbocycles. The van der Waals surface area contributed by atoms with Gasteiger partial charge in [0.15, 0.2) is 5.65 Å². The summed E-state index contributed by atoms with van der Waals surface area (Å²) in [7, 11) is 0. The monoisotopic (exact) mass is 373 g/mol. The minimum Gasteiger partial charge on any atom is -0.379 e. The lowest BCUT2D eigenvalue weighted by molar-refractivity contribution is 0.628. The van der Waals surface area contributed by atoms with Crippen LogP contribution in [0.3, 0.4) is 0 Å². The molecule has 0 radical (unpaired) electrons. The van der Waals surface area contributed by atoms with Crippen LogP contribution in [0.15, 0.2) is 47.2 Å². The second kappa shape index (κ2) is 5.96. The molecule has 4 rings (SSSR count). The molecule has 0 aliphatic heterocycles. The Bertz CT molecular complexity index is 835. The maximum absolute atomic E-state index is 13.1. The van der Waals surface area contributed by atoms with Gasteiger partial charge in [0.25, 0.3) is 0 Å². The van der Waals surface area contributed by atoms with Gasteiger partial charge in [-0.15, -0.1) is 0 Å². The third-order valence-corrected chi connectivity index (χ3v) is 4.81. The standard InChI is InChI=1S/C18H17BrFN3/c19-13-9-16(21-15-3-1-2-4-15)18-22-17(11-23(18)10-13)12-5-7-14(20)8-6-12/h5-11,15,21H,1-4H2. The summed E-state index contributed by atoms with van der Waals surface area (Å²) in [5, 5.41) is 3.63. The van der Waals surface area contributed by atoms with Crippen LogP contribution in [-0.2, 0) is 0 Å². The number of fused-ring (bicyclic) bond motifs is 1. The van der Waals surface area contributed by atoms with Crippen molar-refractivity contribution in [3.8, 4) is 11.3 Å². The number of anilines is 1. The molecule has 2 aromatic heterocycles. The van der Waals surface area contributed by atoms with E-state index in [2.05, 4.69) is 27.3 Å². The lowest BCUT2D eigenvalue weighted by Crippen LogP contribution is -2.15. The van der Waals surface area contributed by atoms with Crippen LogP contribution in [-0.4, -0.2) is 15.4 Å². The van der Waals surface area contributed by atoms with Gasteiger partial charge in [0.2, 0.25) is 0 Å². The Morgan fingerprint density at radius 3 is 2.61 bits per heavy atom. The van der Waals surface area contributed by atoms with E-state index in [1.54, 1.807) is 12.1 Å². The quantitative estimate of drug-likeness (QED) is 0.678. The van der Waals surface area contributed by atoms with Gasteiger partial charge in [-0.05, 0) is 59.1 Å². The van der Waals surface area contributed by atoms with E-state index in [0.29, 0.717) is 6.04 Å². The van der Waals surface area contributed by atoms with E-state index in [0.717, 1.165) is 27.1 Å². The summed E-state index contributed by atoms with van der Waals surface area (Å²) in [6, 6.07) is 9.06. The summed E-state index contributed by atoms with van der Waals surface area (Å²) in [6.07, 6.45) is 8.98. The molecule has 3 aromatic rings. The van der Waals surface area contributed by atoms with Crippen LogP contribution < -0.4 is 5.32 Å². The molecule has 0 saturated heterocycles. The van der Waals surface area contributed by atoms with Crippen molar-refractivity contribution in [3.05, 3.63) is 53.0 Å². The van der Waals surface area contributed by atoms with Gasteiger partial charge in [-0.3, -0.25) is 0 Å². The fourth-order valence-electron chi connectivity index (χ4n) is 3.22. The number of imidazole rings is 1. The van der Waals surface area contributed by atoms with Crippen molar-refractivity contribution in [1.82, 2.24) is 9.38 Å². The molecule has 118 valence electrons. The van der Waals surface area contributed by atoms with Crippen molar-refractivity contribution in [1.29, 1.82) is 0 Å². The molecule has 0 bridgehead atoms. The van der Waals surface area contributed by atoms with Crippen LogP contribution in [0.2, 0.25) is 0 Å². The number of nitrogens with zero attached hydrogens (tertiary/aromatic N) is 2. The SMILES string of the molecule is Fc1ccc(-c2cn3cc(Br)cc(NC4CCCC4)c3n2)cc1. The molecule has 3 nitrogen and oxygen atoms in total. The molecule has 0 spiro atoms. The number of nitrogens with one attached hydrogen (secondary N) is 1. The van der Waals surface area contributed by atoms with Gasteiger partial charge >= 0.3 is 0 Å². The number of halogens is 2. The van der Waals surface area contributed by atoms with Crippen LogP contribution in [0, 0.1) is 5.82 Å². The highest BCUT2D eigenvalue weighted by molar-refractivity contribution is 9.10. The van der Waals surface area contributed by atoms with Gasteiger partial charge in [-0.1, -0.05) is 12.8 Å². The highest BCUT2D eigenvalue weighted by atomic mass is 79.9. The summed E-state index contributed by atoms with van der Waals surface area (Å²) in [5.74, 6) is -0.233.